The summed E-state index contributed by atoms with van der Waals surface area (Å²) in [5, 5.41) is 3.57. The molecule has 0 N–H and O–H groups in total. The lowest BCUT2D eigenvalue weighted by atomic mass is 10.3. The van der Waals surface area contributed by atoms with Crippen molar-refractivity contribution < 1.29 is 9.63 Å². The summed E-state index contributed by atoms with van der Waals surface area (Å²) in [6, 6.07) is 9.83. The van der Waals surface area contributed by atoms with Crippen LogP contribution in [0.2, 0.25) is 0 Å². The third-order valence-electron chi connectivity index (χ3n) is 2.22. The summed E-state index contributed by atoms with van der Waals surface area (Å²) in [4.78, 5) is 15.0. The molecule has 1 aromatic carbocycles. The summed E-state index contributed by atoms with van der Waals surface area (Å²) in [5.74, 6) is -0.432. The molecule has 0 bridgehead atoms. The Bertz CT molecular complexity index is 573. The minimum atomic E-state index is -0.432. The van der Waals surface area contributed by atoms with Gasteiger partial charge in [-0.3, -0.25) is 0 Å². The third-order valence-corrected chi connectivity index (χ3v) is 2.75. The number of halogens is 1. The van der Waals surface area contributed by atoms with E-state index in [2.05, 4.69) is 25.9 Å². The highest BCUT2D eigenvalue weighted by Gasteiger charge is 1.98. The van der Waals surface area contributed by atoms with Crippen molar-refractivity contribution in [2.45, 2.75) is 6.92 Å². The second-order valence-electron chi connectivity index (χ2n) is 3.65. The molecule has 2 aromatic rings. The summed E-state index contributed by atoms with van der Waals surface area (Å²) in [7, 11) is 0. The first-order chi connectivity index (χ1) is 8.65. The van der Waals surface area contributed by atoms with Gasteiger partial charge < -0.3 is 9.40 Å². The molecule has 92 valence electrons. The SMILES string of the molecule is CC(=O)O/N=C/c1ccn(-c2ccc(Br)cc2)c1. The molecule has 0 atom stereocenters. The maximum atomic E-state index is 10.5. The summed E-state index contributed by atoms with van der Waals surface area (Å²) in [6.07, 6.45) is 5.31. The van der Waals surface area contributed by atoms with Gasteiger partial charge in [-0.1, -0.05) is 21.1 Å². The lowest BCUT2D eigenvalue weighted by Crippen LogP contribution is -1.91. The number of nitrogens with zero attached hydrogens (tertiary/aromatic N) is 2. The monoisotopic (exact) mass is 306 g/mol. The molecule has 0 spiro atoms. The summed E-state index contributed by atoms with van der Waals surface area (Å²) >= 11 is 3.39. The Kier molecular flexibility index (Phi) is 3.94. The largest absolute Gasteiger partial charge is 0.331 e. The maximum Gasteiger partial charge on any atom is 0.331 e. The fraction of sp³-hybridized carbons (Fsp3) is 0.0769. The molecule has 0 saturated carbocycles. The van der Waals surface area contributed by atoms with Crippen LogP contribution in [0.15, 0.2) is 52.4 Å². The van der Waals surface area contributed by atoms with Gasteiger partial charge in [0, 0.05) is 35.0 Å². The van der Waals surface area contributed by atoms with E-state index < -0.39 is 5.97 Å². The normalized spacial score (nSPS) is 10.8. The quantitative estimate of drug-likeness (QED) is 0.497. The lowest BCUT2D eigenvalue weighted by Gasteiger charge is -2.01. The molecule has 1 heterocycles. The van der Waals surface area contributed by atoms with Crippen LogP contribution >= 0.6 is 15.9 Å². The molecule has 0 aliphatic carbocycles. The van der Waals surface area contributed by atoms with E-state index in [1.165, 1.54) is 13.1 Å². The van der Waals surface area contributed by atoms with Crippen LogP contribution in [0.3, 0.4) is 0 Å². The van der Waals surface area contributed by atoms with E-state index in [1.807, 2.05) is 47.3 Å². The van der Waals surface area contributed by atoms with E-state index in [-0.39, 0.29) is 0 Å². The molecule has 0 unspecified atom stereocenters. The molecule has 0 saturated heterocycles. The fourth-order valence-electron chi connectivity index (χ4n) is 1.42. The van der Waals surface area contributed by atoms with Crippen molar-refractivity contribution in [3.05, 3.63) is 52.8 Å². The molecule has 0 radical (unpaired) electrons. The van der Waals surface area contributed by atoms with Gasteiger partial charge in [-0.05, 0) is 30.3 Å². The minimum absolute atomic E-state index is 0.432. The molecule has 0 fully saturated rings. The van der Waals surface area contributed by atoms with Crippen molar-refractivity contribution in [1.82, 2.24) is 4.57 Å². The van der Waals surface area contributed by atoms with Gasteiger partial charge in [-0.25, -0.2) is 4.79 Å². The van der Waals surface area contributed by atoms with Gasteiger partial charge in [-0.15, -0.1) is 0 Å². The number of hydrogen-bond acceptors (Lipinski definition) is 3. The highest BCUT2D eigenvalue weighted by atomic mass is 79.9. The number of carbonyl (C=O) groups is 1. The zero-order valence-corrected chi connectivity index (χ0v) is 11.3. The van der Waals surface area contributed by atoms with Crippen molar-refractivity contribution in [2.24, 2.45) is 5.16 Å². The molecular formula is C13H11BrN2O2. The summed E-state index contributed by atoms with van der Waals surface area (Å²) in [5.41, 5.74) is 1.91. The van der Waals surface area contributed by atoms with Gasteiger partial charge >= 0.3 is 5.97 Å². The Balaban J connectivity index is 2.12. The second kappa shape index (κ2) is 5.64. The Morgan fingerprint density at radius 1 is 1.33 bits per heavy atom. The molecule has 18 heavy (non-hydrogen) atoms. The highest BCUT2D eigenvalue weighted by Crippen LogP contribution is 2.14. The third kappa shape index (κ3) is 3.30. The molecule has 0 amide bonds. The van der Waals surface area contributed by atoms with Crippen molar-refractivity contribution in [3.8, 4) is 5.69 Å². The zero-order chi connectivity index (χ0) is 13.0. The van der Waals surface area contributed by atoms with Crippen LogP contribution < -0.4 is 0 Å². The summed E-state index contributed by atoms with van der Waals surface area (Å²) < 4.78 is 3.00. The average Bonchev–Trinajstić information content (AvgIpc) is 2.78. The number of rotatable bonds is 3. The van der Waals surface area contributed by atoms with Gasteiger partial charge in [0.15, 0.2) is 0 Å². The van der Waals surface area contributed by atoms with E-state index in [0.29, 0.717) is 0 Å². The number of carbonyl (C=O) groups excluding carboxylic acids is 1. The molecule has 2 rings (SSSR count). The van der Waals surface area contributed by atoms with Gasteiger partial charge in [0.1, 0.15) is 0 Å². The average molecular weight is 307 g/mol. The molecule has 0 aliphatic heterocycles. The van der Waals surface area contributed by atoms with E-state index in [0.717, 1.165) is 15.7 Å². The number of oxime groups is 1. The topological polar surface area (TPSA) is 43.6 Å². The van der Waals surface area contributed by atoms with Crippen molar-refractivity contribution in [2.75, 3.05) is 0 Å². The van der Waals surface area contributed by atoms with Crippen LogP contribution in [0.25, 0.3) is 5.69 Å². The molecule has 0 aliphatic rings. The lowest BCUT2D eigenvalue weighted by molar-refractivity contribution is -0.140. The minimum Gasteiger partial charge on any atom is -0.323 e. The van der Waals surface area contributed by atoms with Gasteiger partial charge in [0.25, 0.3) is 0 Å². The predicted molar refractivity (Wildman–Crippen MR) is 72.8 cm³/mol. The second-order valence-corrected chi connectivity index (χ2v) is 4.56. The van der Waals surface area contributed by atoms with Crippen LogP contribution in [0.1, 0.15) is 12.5 Å². The standard InChI is InChI=1S/C13H11BrN2O2/c1-10(17)18-15-8-11-6-7-16(9-11)13-4-2-12(14)3-5-13/h2-9H,1H3/b15-8+. The highest BCUT2D eigenvalue weighted by molar-refractivity contribution is 9.10. The zero-order valence-electron chi connectivity index (χ0n) is 9.71. The van der Waals surface area contributed by atoms with Crippen LogP contribution in [0, 0.1) is 0 Å². The first-order valence-corrected chi connectivity index (χ1v) is 6.09. The van der Waals surface area contributed by atoms with Crippen LogP contribution in [0.4, 0.5) is 0 Å². The Hall–Kier alpha value is -1.88. The van der Waals surface area contributed by atoms with Crippen molar-refractivity contribution in [3.63, 3.8) is 0 Å². The molecule has 4 nitrogen and oxygen atoms in total. The fourth-order valence-corrected chi connectivity index (χ4v) is 1.69. The Morgan fingerprint density at radius 2 is 2.06 bits per heavy atom. The first-order valence-electron chi connectivity index (χ1n) is 5.30. The molecular weight excluding hydrogens is 296 g/mol. The summed E-state index contributed by atoms with van der Waals surface area (Å²) in [6.45, 7) is 1.31. The number of hydrogen-bond donors (Lipinski definition) is 0. The number of aromatic nitrogens is 1. The van der Waals surface area contributed by atoms with Gasteiger partial charge in [-0.2, -0.15) is 0 Å². The molecule has 1 aromatic heterocycles. The van der Waals surface area contributed by atoms with Gasteiger partial charge in [0.2, 0.25) is 0 Å². The van der Waals surface area contributed by atoms with E-state index in [4.69, 9.17) is 0 Å². The van der Waals surface area contributed by atoms with Gasteiger partial charge in [0.05, 0.1) is 6.21 Å². The van der Waals surface area contributed by atoms with E-state index in [1.54, 1.807) is 0 Å². The van der Waals surface area contributed by atoms with Crippen LogP contribution in [-0.4, -0.2) is 16.8 Å². The van der Waals surface area contributed by atoms with Crippen molar-refractivity contribution in [1.29, 1.82) is 0 Å². The van der Waals surface area contributed by atoms with Crippen molar-refractivity contribution >= 4 is 28.1 Å². The molecule has 5 heteroatoms. The predicted octanol–water partition coefficient (Wildman–Crippen LogP) is 3.14. The van der Waals surface area contributed by atoms with Crippen LogP contribution in [0.5, 0.6) is 0 Å². The van der Waals surface area contributed by atoms with Crippen LogP contribution in [-0.2, 0) is 9.63 Å². The maximum absolute atomic E-state index is 10.5. The van der Waals surface area contributed by atoms with E-state index >= 15 is 0 Å². The first kappa shape index (κ1) is 12.6. The number of benzene rings is 1. The van der Waals surface area contributed by atoms with E-state index in [9.17, 15) is 4.79 Å². The Labute approximate surface area is 113 Å². The smallest absolute Gasteiger partial charge is 0.323 e. The Morgan fingerprint density at radius 3 is 2.72 bits per heavy atom.